The lowest BCUT2D eigenvalue weighted by molar-refractivity contribution is 0.304. The Morgan fingerprint density at radius 2 is 1.68 bits per heavy atom. The molecule has 0 atom stereocenters. The highest BCUT2D eigenvalue weighted by Gasteiger charge is 2.27. The second-order valence-electron chi connectivity index (χ2n) is 8.28. The first-order valence-corrected chi connectivity index (χ1v) is 10.1. The molecule has 1 N–H and O–H groups in total. The van der Waals surface area contributed by atoms with Crippen molar-refractivity contribution in [2.45, 2.75) is 32.9 Å². The van der Waals surface area contributed by atoms with E-state index in [1.54, 1.807) is 18.2 Å². The minimum absolute atomic E-state index is 0.188. The number of methoxy groups -OCH3 is 1. The molecule has 31 heavy (non-hydrogen) atoms. The van der Waals surface area contributed by atoms with Gasteiger partial charge in [-0.05, 0) is 62.2 Å². The summed E-state index contributed by atoms with van der Waals surface area (Å²) >= 11 is 0. The van der Waals surface area contributed by atoms with Crippen LogP contribution in [-0.4, -0.2) is 12.6 Å². The number of hydrogen-bond acceptors (Lipinski definition) is 3. The van der Waals surface area contributed by atoms with E-state index in [-0.39, 0.29) is 23.8 Å². The summed E-state index contributed by atoms with van der Waals surface area (Å²) in [5, 5.41) is 3.55. The Morgan fingerprint density at radius 1 is 0.935 bits per heavy atom. The van der Waals surface area contributed by atoms with Crippen LogP contribution in [0.5, 0.6) is 11.5 Å². The Morgan fingerprint density at radius 3 is 2.42 bits per heavy atom. The molecule has 1 heterocycles. The van der Waals surface area contributed by atoms with E-state index in [9.17, 15) is 8.78 Å². The molecule has 3 aromatic rings. The fourth-order valence-electron chi connectivity index (χ4n) is 4.20. The number of rotatable bonds is 5. The van der Waals surface area contributed by atoms with E-state index in [0.717, 1.165) is 33.5 Å². The van der Waals surface area contributed by atoms with Crippen molar-refractivity contribution in [3.8, 4) is 22.6 Å². The lowest BCUT2D eigenvalue weighted by Crippen LogP contribution is -2.32. The molecule has 0 radical (unpaired) electrons. The van der Waals surface area contributed by atoms with E-state index >= 15 is 0 Å². The highest BCUT2D eigenvalue weighted by molar-refractivity contribution is 5.88. The van der Waals surface area contributed by atoms with Crippen molar-refractivity contribution in [1.29, 1.82) is 0 Å². The summed E-state index contributed by atoms with van der Waals surface area (Å²) in [7, 11) is 1.52. The zero-order valence-corrected chi connectivity index (χ0v) is 18.1. The maximum atomic E-state index is 13.8. The smallest absolute Gasteiger partial charge is 0.129 e. The van der Waals surface area contributed by atoms with Gasteiger partial charge in [-0.2, -0.15) is 0 Å². The average molecular weight is 421 g/mol. The minimum Gasteiger partial charge on any atom is -0.496 e. The van der Waals surface area contributed by atoms with Crippen LogP contribution >= 0.6 is 0 Å². The van der Waals surface area contributed by atoms with E-state index in [4.69, 9.17) is 9.47 Å². The molecular weight excluding hydrogens is 396 g/mol. The number of benzene rings is 3. The Balaban J connectivity index is 1.87. The number of fused-ring (bicyclic) bond motifs is 1. The molecule has 0 amide bonds. The van der Waals surface area contributed by atoms with Gasteiger partial charge in [-0.15, -0.1) is 0 Å². The number of hydrogen-bond donors (Lipinski definition) is 1. The molecule has 1 aliphatic rings. The Bertz CT molecular complexity index is 1170. The first-order valence-electron chi connectivity index (χ1n) is 10.1. The van der Waals surface area contributed by atoms with Crippen LogP contribution in [0, 0.1) is 11.6 Å². The molecule has 3 aromatic carbocycles. The second-order valence-corrected chi connectivity index (χ2v) is 8.28. The summed E-state index contributed by atoms with van der Waals surface area (Å²) in [6, 6.07) is 14.6. The molecule has 0 fully saturated rings. The van der Waals surface area contributed by atoms with Gasteiger partial charge in [0.25, 0.3) is 0 Å². The molecular formula is C26H25F2NO2. The van der Waals surface area contributed by atoms with Gasteiger partial charge in [0, 0.05) is 34.5 Å². The van der Waals surface area contributed by atoms with Crippen molar-refractivity contribution in [2.24, 2.45) is 0 Å². The summed E-state index contributed by atoms with van der Waals surface area (Å²) in [4.78, 5) is 0. The van der Waals surface area contributed by atoms with E-state index in [1.165, 1.54) is 31.4 Å². The first kappa shape index (κ1) is 20.9. The molecule has 3 nitrogen and oxygen atoms in total. The standard InChI is InChI=1S/C26H25F2NO2/c1-16-14-26(2,3)29-23-11-10-20(21-9-8-18(28)13-24(21)30-4)22(25(16)23)15-31-19-7-5-6-17(27)12-19/h5-14,29H,15H2,1-4H3. The third-order valence-electron chi connectivity index (χ3n) is 5.37. The molecule has 1 aliphatic heterocycles. The lowest BCUT2D eigenvalue weighted by atomic mass is 9.85. The van der Waals surface area contributed by atoms with E-state index < -0.39 is 0 Å². The van der Waals surface area contributed by atoms with Gasteiger partial charge in [-0.3, -0.25) is 0 Å². The second kappa shape index (κ2) is 8.06. The summed E-state index contributed by atoms with van der Waals surface area (Å²) in [6.07, 6.45) is 2.17. The van der Waals surface area contributed by atoms with Crippen molar-refractivity contribution in [3.05, 3.63) is 83.4 Å². The van der Waals surface area contributed by atoms with Crippen molar-refractivity contribution < 1.29 is 18.3 Å². The van der Waals surface area contributed by atoms with Gasteiger partial charge < -0.3 is 14.8 Å². The Hall–Kier alpha value is -3.34. The van der Waals surface area contributed by atoms with Gasteiger partial charge in [-0.1, -0.05) is 18.2 Å². The Kier molecular flexibility index (Phi) is 5.44. The van der Waals surface area contributed by atoms with Gasteiger partial charge in [-0.25, -0.2) is 8.78 Å². The van der Waals surface area contributed by atoms with E-state index in [0.29, 0.717) is 11.5 Å². The maximum absolute atomic E-state index is 13.8. The van der Waals surface area contributed by atoms with Gasteiger partial charge in [0.2, 0.25) is 0 Å². The number of ether oxygens (including phenoxy) is 2. The third-order valence-corrected chi connectivity index (χ3v) is 5.37. The fourth-order valence-corrected chi connectivity index (χ4v) is 4.20. The number of anilines is 1. The van der Waals surface area contributed by atoms with Gasteiger partial charge in [0.1, 0.15) is 29.7 Å². The number of nitrogens with one attached hydrogen (secondary N) is 1. The van der Waals surface area contributed by atoms with Crippen LogP contribution in [0.15, 0.2) is 60.7 Å². The van der Waals surface area contributed by atoms with Gasteiger partial charge in [0.05, 0.1) is 12.6 Å². The van der Waals surface area contributed by atoms with Crippen LogP contribution in [0.3, 0.4) is 0 Å². The predicted molar refractivity (Wildman–Crippen MR) is 120 cm³/mol. The third kappa shape index (κ3) is 4.26. The molecule has 5 heteroatoms. The zero-order valence-electron chi connectivity index (χ0n) is 18.1. The quantitative estimate of drug-likeness (QED) is 0.490. The summed E-state index contributed by atoms with van der Waals surface area (Å²) < 4.78 is 38.9. The monoisotopic (exact) mass is 421 g/mol. The van der Waals surface area contributed by atoms with Crippen LogP contribution in [-0.2, 0) is 6.61 Å². The van der Waals surface area contributed by atoms with E-state index in [2.05, 4.69) is 32.2 Å². The van der Waals surface area contributed by atoms with Crippen LogP contribution in [0.4, 0.5) is 14.5 Å². The van der Waals surface area contributed by atoms with Crippen molar-refractivity contribution in [1.82, 2.24) is 0 Å². The van der Waals surface area contributed by atoms with Crippen LogP contribution < -0.4 is 14.8 Å². The largest absolute Gasteiger partial charge is 0.496 e. The molecule has 0 aliphatic carbocycles. The summed E-state index contributed by atoms with van der Waals surface area (Å²) in [5.41, 5.74) is 5.51. The zero-order chi connectivity index (χ0) is 22.2. The fraction of sp³-hybridized carbons (Fsp3) is 0.231. The van der Waals surface area contributed by atoms with Crippen molar-refractivity contribution in [3.63, 3.8) is 0 Å². The van der Waals surface area contributed by atoms with Crippen LogP contribution in [0.1, 0.15) is 31.9 Å². The first-order chi connectivity index (χ1) is 14.8. The van der Waals surface area contributed by atoms with Crippen molar-refractivity contribution >= 4 is 11.3 Å². The minimum atomic E-state index is -0.365. The van der Waals surface area contributed by atoms with Gasteiger partial charge in [0.15, 0.2) is 0 Å². The topological polar surface area (TPSA) is 30.5 Å². The number of allylic oxidation sites excluding steroid dienone is 1. The van der Waals surface area contributed by atoms with E-state index in [1.807, 2.05) is 12.1 Å². The maximum Gasteiger partial charge on any atom is 0.129 e. The van der Waals surface area contributed by atoms with Crippen LogP contribution in [0.2, 0.25) is 0 Å². The average Bonchev–Trinajstić information content (AvgIpc) is 2.71. The molecule has 0 spiro atoms. The molecule has 0 unspecified atom stereocenters. The van der Waals surface area contributed by atoms with Crippen LogP contribution in [0.25, 0.3) is 16.7 Å². The SMILES string of the molecule is COc1cc(F)ccc1-c1ccc2c(c1COc1cccc(F)c1)C(C)=CC(C)(C)N2. The van der Waals surface area contributed by atoms with Crippen molar-refractivity contribution in [2.75, 3.05) is 12.4 Å². The predicted octanol–water partition coefficient (Wildman–Crippen LogP) is 6.83. The Labute approximate surface area is 181 Å². The molecule has 0 bridgehead atoms. The normalized spacial score (nSPS) is 14.3. The molecule has 160 valence electrons. The molecule has 0 saturated carbocycles. The number of halogens is 2. The highest BCUT2D eigenvalue weighted by atomic mass is 19.1. The molecule has 0 saturated heterocycles. The highest BCUT2D eigenvalue weighted by Crippen LogP contribution is 2.42. The summed E-state index contributed by atoms with van der Waals surface area (Å²) in [6.45, 7) is 6.51. The lowest BCUT2D eigenvalue weighted by Gasteiger charge is -2.33. The van der Waals surface area contributed by atoms with Gasteiger partial charge >= 0.3 is 0 Å². The molecule has 4 rings (SSSR count). The summed E-state index contributed by atoms with van der Waals surface area (Å²) in [5.74, 6) is 0.168. The molecule has 0 aromatic heterocycles.